The van der Waals surface area contributed by atoms with Crippen LogP contribution in [0.25, 0.3) is 0 Å². The van der Waals surface area contributed by atoms with E-state index < -0.39 is 9.84 Å². The third-order valence-corrected chi connectivity index (χ3v) is 6.25. The zero-order valence-electron chi connectivity index (χ0n) is 17.5. The molecule has 0 spiro atoms. The molecule has 2 aromatic rings. The zero-order valence-corrected chi connectivity index (χ0v) is 18.3. The standard InChI is InChI=1S/C22H29FN4O2S/c1-3-24-22(25-13-12-18-8-10-19(11-9-18)30(2,28)29)27-16-14-26(15-17-27)21-7-5-4-6-20(21)23/h4-11H,3,12-17H2,1-2H3,(H,24,25). The lowest BCUT2D eigenvalue weighted by molar-refractivity contribution is 0.371. The van der Waals surface area contributed by atoms with Gasteiger partial charge >= 0.3 is 0 Å². The van der Waals surface area contributed by atoms with Crippen molar-refractivity contribution in [2.24, 2.45) is 4.99 Å². The van der Waals surface area contributed by atoms with Crippen LogP contribution in [0.5, 0.6) is 0 Å². The maximum atomic E-state index is 14.0. The summed E-state index contributed by atoms with van der Waals surface area (Å²) in [5.74, 6) is 0.673. The van der Waals surface area contributed by atoms with Gasteiger partial charge in [0, 0.05) is 45.5 Å². The minimum absolute atomic E-state index is 0.187. The first-order valence-corrected chi connectivity index (χ1v) is 12.1. The maximum Gasteiger partial charge on any atom is 0.194 e. The number of anilines is 1. The zero-order chi connectivity index (χ0) is 21.6. The molecule has 0 bridgehead atoms. The smallest absolute Gasteiger partial charge is 0.194 e. The van der Waals surface area contributed by atoms with Crippen LogP contribution in [0.3, 0.4) is 0 Å². The quantitative estimate of drug-likeness (QED) is 0.561. The number of sulfone groups is 1. The average Bonchev–Trinajstić information content (AvgIpc) is 2.73. The van der Waals surface area contributed by atoms with Crippen molar-refractivity contribution in [2.45, 2.75) is 18.2 Å². The van der Waals surface area contributed by atoms with Crippen LogP contribution >= 0.6 is 0 Å². The molecule has 2 aromatic carbocycles. The fourth-order valence-electron chi connectivity index (χ4n) is 3.49. The van der Waals surface area contributed by atoms with Crippen molar-refractivity contribution >= 4 is 21.5 Å². The molecule has 30 heavy (non-hydrogen) atoms. The first-order valence-electron chi connectivity index (χ1n) is 10.2. The van der Waals surface area contributed by atoms with E-state index in [-0.39, 0.29) is 5.82 Å². The molecule has 0 aliphatic carbocycles. The molecule has 1 heterocycles. The summed E-state index contributed by atoms with van der Waals surface area (Å²) < 4.78 is 37.2. The number of guanidine groups is 1. The van der Waals surface area contributed by atoms with Crippen molar-refractivity contribution in [1.82, 2.24) is 10.2 Å². The number of hydrogen-bond donors (Lipinski definition) is 1. The summed E-state index contributed by atoms with van der Waals surface area (Å²) in [6.45, 7) is 6.42. The number of rotatable bonds is 6. The van der Waals surface area contributed by atoms with Crippen molar-refractivity contribution in [3.63, 3.8) is 0 Å². The second-order valence-corrected chi connectivity index (χ2v) is 9.34. The van der Waals surface area contributed by atoms with Crippen molar-refractivity contribution in [1.29, 1.82) is 0 Å². The van der Waals surface area contributed by atoms with Crippen molar-refractivity contribution < 1.29 is 12.8 Å². The summed E-state index contributed by atoms with van der Waals surface area (Å²) in [5.41, 5.74) is 1.70. The molecule has 1 aliphatic rings. The summed E-state index contributed by atoms with van der Waals surface area (Å²) in [4.78, 5) is 9.34. The fourth-order valence-corrected chi connectivity index (χ4v) is 4.12. The minimum Gasteiger partial charge on any atom is -0.366 e. The van der Waals surface area contributed by atoms with Crippen LogP contribution in [0.4, 0.5) is 10.1 Å². The van der Waals surface area contributed by atoms with Gasteiger partial charge in [0.25, 0.3) is 0 Å². The van der Waals surface area contributed by atoms with Gasteiger partial charge in [-0.25, -0.2) is 12.8 Å². The molecule has 1 aliphatic heterocycles. The van der Waals surface area contributed by atoms with E-state index in [0.717, 1.165) is 50.7 Å². The molecule has 0 radical (unpaired) electrons. The van der Waals surface area contributed by atoms with E-state index in [1.54, 1.807) is 18.2 Å². The Morgan fingerprint density at radius 1 is 1.07 bits per heavy atom. The molecule has 0 saturated carbocycles. The molecule has 1 N–H and O–H groups in total. The Balaban J connectivity index is 1.58. The fraction of sp³-hybridized carbons (Fsp3) is 0.409. The first-order chi connectivity index (χ1) is 14.4. The van der Waals surface area contributed by atoms with Gasteiger partial charge in [0.05, 0.1) is 10.6 Å². The largest absolute Gasteiger partial charge is 0.366 e. The third-order valence-electron chi connectivity index (χ3n) is 5.12. The summed E-state index contributed by atoms with van der Waals surface area (Å²) in [7, 11) is -3.17. The molecule has 0 amide bonds. The second kappa shape index (κ2) is 9.93. The monoisotopic (exact) mass is 432 g/mol. The van der Waals surface area contributed by atoms with Gasteiger partial charge in [0.1, 0.15) is 5.82 Å². The Hall–Kier alpha value is -2.61. The molecule has 0 aromatic heterocycles. The van der Waals surface area contributed by atoms with Crippen LogP contribution < -0.4 is 10.2 Å². The lowest BCUT2D eigenvalue weighted by atomic mass is 10.1. The van der Waals surface area contributed by atoms with E-state index in [9.17, 15) is 12.8 Å². The molecule has 6 nitrogen and oxygen atoms in total. The normalized spacial score (nSPS) is 15.4. The first kappa shape index (κ1) is 22.1. The topological polar surface area (TPSA) is 65.0 Å². The highest BCUT2D eigenvalue weighted by Crippen LogP contribution is 2.20. The van der Waals surface area contributed by atoms with Crippen LogP contribution in [-0.4, -0.2) is 64.8 Å². The van der Waals surface area contributed by atoms with E-state index in [0.29, 0.717) is 17.1 Å². The SMILES string of the molecule is CCNC(=NCCc1ccc(S(C)(=O)=O)cc1)N1CCN(c2ccccc2F)CC1. The van der Waals surface area contributed by atoms with E-state index >= 15 is 0 Å². The van der Waals surface area contributed by atoms with Gasteiger partial charge < -0.3 is 15.1 Å². The van der Waals surface area contributed by atoms with Gasteiger partial charge in [-0.05, 0) is 43.2 Å². The molecule has 162 valence electrons. The molecule has 0 atom stereocenters. The van der Waals surface area contributed by atoms with E-state index in [1.807, 2.05) is 31.2 Å². The van der Waals surface area contributed by atoms with Crippen LogP contribution in [0.15, 0.2) is 58.4 Å². The summed E-state index contributed by atoms with van der Waals surface area (Å²) >= 11 is 0. The second-order valence-electron chi connectivity index (χ2n) is 7.33. The Morgan fingerprint density at radius 2 is 1.73 bits per heavy atom. The predicted molar refractivity (Wildman–Crippen MR) is 119 cm³/mol. The molecule has 1 fully saturated rings. The molecule has 3 rings (SSSR count). The van der Waals surface area contributed by atoms with E-state index in [1.165, 1.54) is 12.3 Å². The van der Waals surface area contributed by atoms with Gasteiger partial charge in [-0.15, -0.1) is 0 Å². The third kappa shape index (κ3) is 5.72. The summed E-state index contributed by atoms with van der Waals surface area (Å²) in [5, 5.41) is 3.34. The Morgan fingerprint density at radius 3 is 2.33 bits per heavy atom. The Labute approximate surface area is 178 Å². The highest BCUT2D eigenvalue weighted by atomic mass is 32.2. The van der Waals surface area contributed by atoms with Crippen molar-refractivity contribution in [3.05, 3.63) is 59.9 Å². The molecular formula is C22H29FN4O2S. The predicted octanol–water partition coefficient (Wildman–Crippen LogP) is 2.56. The minimum atomic E-state index is -3.17. The van der Waals surface area contributed by atoms with Gasteiger partial charge in [0.15, 0.2) is 15.8 Å². The van der Waals surface area contributed by atoms with E-state index in [4.69, 9.17) is 4.99 Å². The van der Waals surface area contributed by atoms with Crippen LogP contribution in [0, 0.1) is 5.82 Å². The highest BCUT2D eigenvalue weighted by Gasteiger charge is 2.21. The summed E-state index contributed by atoms with van der Waals surface area (Å²) in [6, 6.07) is 13.8. The molecule has 0 unspecified atom stereocenters. The lowest BCUT2D eigenvalue weighted by Crippen LogP contribution is -2.52. The van der Waals surface area contributed by atoms with Gasteiger partial charge in [0.2, 0.25) is 0 Å². The Bertz CT molecular complexity index is 969. The molecular weight excluding hydrogens is 403 g/mol. The van der Waals surface area contributed by atoms with Crippen molar-refractivity contribution in [2.75, 3.05) is 50.4 Å². The van der Waals surface area contributed by atoms with Gasteiger partial charge in [-0.1, -0.05) is 24.3 Å². The van der Waals surface area contributed by atoms with E-state index in [2.05, 4.69) is 15.1 Å². The average molecular weight is 433 g/mol. The lowest BCUT2D eigenvalue weighted by Gasteiger charge is -2.37. The highest BCUT2D eigenvalue weighted by molar-refractivity contribution is 7.90. The summed E-state index contributed by atoms with van der Waals surface area (Å²) in [6.07, 6.45) is 1.94. The number of aliphatic imine (C=N–C) groups is 1. The number of para-hydroxylation sites is 1. The number of halogens is 1. The van der Waals surface area contributed by atoms with Gasteiger partial charge in [-0.2, -0.15) is 0 Å². The maximum absolute atomic E-state index is 14.0. The number of benzene rings is 2. The van der Waals surface area contributed by atoms with Crippen LogP contribution in [0.1, 0.15) is 12.5 Å². The number of nitrogens with zero attached hydrogens (tertiary/aromatic N) is 3. The van der Waals surface area contributed by atoms with Crippen LogP contribution in [-0.2, 0) is 16.3 Å². The Kier molecular flexibility index (Phi) is 7.31. The number of nitrogens with one attached hydrogen (secondary N) is 1. The molecule has 8 heteroatoms. The molecule has 1 saturated heterocycles. The number of piperazine rings is 1. The van der Waals surface area contributed by atoms with Gasteiger partial charge in [-0.3, -0.25) is 4.99 Å². The number of hydrogen-bond acceptors (Lipinski definition) is 4. The van der Waals surface area contributed by atoms with Crippen molar-refractivity contribution in [3.8, 4) is 0 Å². The van der Waals surface area contributed by atoms with Crippen LogP contribution in [0.2, 0.25) is 0 Å².